The molecule has 0 bridgehead atoms. The van der Waals surface area contributed by atoms with Crippen molar-refractivity contribution in [3.63, 3.8) is 0 Å². The Morgan fingerprint density at radius 3 is 1.36 bits per heavy atom. The predicted molar refractivity (Wildman–Crippen MR) is 170 cm³/mol. The van der Waals surface area contributed by atoms with Crippen molar-refractivity contribution in [2.24, 2.45) is 0 Å². The quantitative estimate of drug-likeness (QED) is 0.112. The standard InChI is InChI=1S/C36H60N2O/c1-3-5-7-9-11-13-14-15-16-18-20-22-24-30-39-35-31-37-36(38-32-35)34-28-26-33(27-29-34)25-23-21-19-17-12-10-8-6-4-2/h26-29,31-32H,3-25,30H2,1-2H3. The summed E-state index contributed by atoms with van der Waals surface area (Å²) in [6, 6.07) is 8.80. The first-order valence-electron chi connectivity index (χ1n) is 16.9. The van der Waals surface area contributed by atoms with Crippen molar-refractivity contribution < 1.29 is 4.74 Å². The van der Waals surface area contributed by atoms with Crippen molar-refractivity contribution in [2.45, 2.75) is 162 Å². The average Bonchev–Trinajstić information content (AvgIpc) is 2.97. The molecule has 1 aromatic heterocycles. The lowest BCUT2D eigenvalue weighted by atomic mass is 10.0. The minimum absolute atomic E-state index is 0.758. The Hall–Kier alpha value is -1.90. The number of hydrogen-bond donors (Lipinski definition) is 0. The van der Waals surface area contributed by atoms with Crippen LogP contribution in [0.2, 0.25) is 0 Å². The van der Waals surface area contributed by atoms with Gasteiger partial charge in [-0.15, -0.1) is 0 Å². The first-order chi connectivity index (χ1) is 19.3. The zero-order valence-electron chi connectivity index (χ0n) is 25.7. The molecule has 0 aliphatic carbocycles. The zero-order chi connectivity index (χ0) is 27.6. The number of rotatable bonds is 26. The number of aryl methyl sites for hydroxylation is 1. The van der Waals surface area contributed by atoms with Crippen LogP contribution < -0.4 is 4.74 Å². The maximum Gasteiger partial charge on any atom is 0.159 e. The highest BCUT2D eigenvalue weighted by Crippen LogP contribution is 2.19. The Kier molecular flexibility index (Phi) is 20.4. The molecule has 2 rings (SSSR count). The van der Waals surface area contributed by atoms with Crippen LogP contribution >= 0.6 is 0 Å². The SMILES string of the molecule is CCCCCCCCCCCCCCCOc1cnc(-c2ccc(CCCCCCCCCCC)cc2)nc1. The van der Waals surface area contributed by atoms with E-state index < -0.39 is 0 Å². The number of aromatic nitrogens is 2. The van der Waals surface area contributed by atoms with Gasteiger partial charge in [0.25, 0.3) is 0 Å². The predicted octanol–water partition coefficient (Wildman–Crippen LogP) is 11.7. The molecule has 3 heteroatoms. The Bertz CT molecular complexity index is 787. The van der Waals surface area contributed by atoms with E-state index in [4.69, 9.17) is 4.74 Å². The van der Waals surface area contributed by atoms with Gasteiger partial charge in [0.1, 0.15) is 0 Å². The summed E-state index contributed by atoms with van der Waals surface area (Å²) in [5, 5.41) is 0. The summed E-state index contributed by atoms with van der Waals surface area (Å²) in [5.74, 6) is 1.55. The molecule has 1 aromatic carbocycles. The van der Waals surface area contributed by atoms with Crippen LogP contribution in [0.4, 0.5) is 0 Å². The van der Waals surface area contributed by atoms with E-state index in [9.17, 15) is 0 Å². The molecular formula is C36H60N2O. The topological polar surface area (TPSA) is 35.0 Å². The molecule has 0 saturated heterocycles. The highest BCUT2D eigenvalue weighted by molar-refractivity contribution is 5.55. The fourth-order valence-corrected chi connectivity index (χ4v) is 5.31. The Balaban J connectivity index is 1.48. The smallest absolute Gasteiger partial charge is 0.159 e. The first-order valence-corrected chi connectivity index (χ1v) is 16.9. The van der Waals surface area contributed by atoms with Crippen molar-refractivity contribution >= 4 is 0 Å². The molecule has 0 amide bonds. The van der Waals surface area contributed by atoms with E-state index in [2.05, 4.69) is 48.1 Å². The van der Waals surface area contributed by atoms with E-state index in [1.807, 2.05) is 12.4 Å². The molecule has 0 aliphatic heterocycles. The molecule has 0 saturated carbocycles. The first kappa shape index (κ1) is 33.3. The van der Waals surface area contributed by atoms with Crippen LogP contribution in [0.1, 0.15) is 161 Å². The van der Waals surface area contributed by atoms with Gasteiger partial charge in [0.15, 0.2) is 11.6 Å². The van der Waals surface area contributed by atoms with Gasteiger partial charge in [-0.25, -0.2) is 9.97 Å². The third-order valence-electron chi connectivity index (χ3n) is 7.93. The van der Waals surface area contributed by atoms with E-state index in [0.29, 0.717) is 0 Å². The second kappa shape index (κ2) is 23.9. The van der Waals surface area contributed by atoms with Crippen LogP contribution in [0, 0.1) is 0 Å². The zero-order valence-corrected chi connectivity index (χ0v) is 25.7. The largest absolute Gasteiger partial charge is 0.490 e. The summed E-state index contributed by atoms with van der Waals surface area (Å²) in [7, 11) is 0. The molecule has 0 N–H and O–H groups in total. The monoisotopic (exact) mass is 536 g/mol. The minimum Gasteiger partial charge on any atom is -0.490 e. The summed E-state index contributed by atoms with van der Waals surface area (Å²) in [6.45, 7) is 5.33. The van der Waals surface area contributed by atoms with E-state index in [1.54, 1.807) is 0 Å². The molecule has 0 atom stereocenters. The molecule has 0 unspecified atom stereocenters. The molecule has 39 heavy (non-hydrogen) atoms. The maximum absolute atomic E-state index is 5.89. The van der Waals surface area contributed by atoms with Gasteiger partial charge in [0.2, 0.25) is 0 Å². The van der Waals surface area contributed by atoms with Crippen LogP contribution in [0.15, 0.2) is 36.7 Å². The van der Waals surface area contributed by atoms with Gasteiger partial charge in [-0.2, -0.15) is 0 Å². The van der Waals surface area contributed by atoms with Crippen LogP contribution in [-0.4, -0.2) is 16.6 Å². The van der Waals surface area contributed by atoms with Gasteiger partial charge in [-0.1, -0.05) is 167 Å². The normalized spacial score (nSPS) is 11.2. The van der Waals surface area contributed by atoms with Crippen molar-refractivity contribution in [1.29, 1.82) is 0 Å². The molecule has 220 valence electrons. The minimum atomic E-state index is 0.758. The van der Waals surface area contributed by atoms with Crippen LogP contribution in [0.25, 0.3) is 11.4 Å². The summed E-state index contributed by atoms with van der Waals surface area (Å²) in [4.78, 5) is 9.10. The average molecular weight is 537 g/mol. The number of ether oxygens (including phenoxy) is 1. The lowest BCUT2D eigenvalue weighted by Crippen LogP contribution is -1.99. The molecule has 3 nitrogen and oxygen atoms in total. The number of hydrogen-bond acceptors (Lipinski definition) is 3. The van der Waals surface area contributed by atoms with Crippen LogP contribution in [0.3, 0.4) is 0 Å². The second-order valence-electron chi connectivity index (χ2n) is 11.6. The van der Waals surface area contributed by atoms with Crippen molar-refractivity contribution in [2.75, 3.05) is 6.61 Å². The number of benzene rings is 1. The van der Waals surface area contributed by atoms with Crippen LogP contribution in [0.5, 0.6) is 5.75 Å². The van der Waals surface area contributed by atoms with Gasteiger partial charge in [0, 0.05) is 5.56 Å². The Morgan fingerprint density at radius 1 is 0.487 bits per heavy atom. The van der Waals surface area contributed by atoms with Crippen molar-refractivity contribution in [3.05, 3.63) is 42.2 Å². The van der Waals surface area contributed by atoms with E-state index in [0.717, 1.165) is 30.2 Å². The van der Waals surface area contributed by atoms with Crippen molar-refractivity contribution in [1.82, 2.24) is 9.97 Å². The summed E-state index contributed by atoms with van der Waals surface area (Å²) in [6.07, 6.45) is 35.0. The molecule has 0 fully saturated rings. The second-order valence-corrected chi connectivity index (χ2v) is 11.6. The number of nitrogens with zero attached hydrogens (tertiary/aromatic N) is 2. The molecule has 1 heterocycles. The molecule has 0 aliphatic rings. The highest BCUT2D eigenvalue weighted by atomic mass is 16.5. The third-order valence-corrected chi connectivity index (χ3v) is 7.93. The third kappa shape index (κ3) is 17.4. The van der Waals surface area contributed by atoms with Gasteiger partial charge in [-0.3, -0.25) is 0 Å². The fourth-order valence-electron chi connectivity index (χ4n) is 5.31. The van der Waals surface area contributed by atoms with Gasteiger partial charge >= 0.3 is 0 Å². The molecular weight excluding hydrogens is 476 g/mol. The summed E-state index contributed by atoms with van der Waals surface area (Å²) >= 11 is 0. The van der Waals surface area contributed by atoms with E-state index in [1.165, 1.54) is 147 Å². The van der Waals surface area contributed by atoms with Crippen LogP contribution in [-0.2, 0) is 6.42 Å². The summed E-state index contributed by atoms with van der Waals surface area (Å²) in [5.41, 5.74) is 2.49. The summed E-state index contributed by atoms with van der Waals surface area (Å²) < 4.78 is 5.89. The molecule has 2 aromatic rings. The lowest BCUT2D eigenvalue weighted by molar-refractivity contribution is 0.302. The maximum atomic E-state index is 5.89. The fraction of sp³-hybridized carbons (Fsp3) is 0.722. The Morgan fingerprint density at radius 2 is 0.897 bits per heavy atom. The molecule has 0 radical (unpaired) electrons. The van der Waals surface area contributed by atoms with Gasteiger partial charge < -0.3 is 4.74 Å². The lowest BCUT2D eigenvalue weighted by Gasteiger charge is -2.07. The Labute approximate surface area is 242 Å². The molecule has 0 spiro atoms. The van der Waals surface area contributed by atoms with Crippen molar-refractivity contribution in [3.8, 4) is 17.1 Å². The van der Waals surface area contributed by atoms with Gasteiger partial charge in [-0.05, 0) is 24.8 Å². The van der Waals surface area contributed by atoms with E-state index in [-0.39, 0.29) is 0 Å². The highest BCUT2D eigenvalue weighted by Gasteiger charge is 2.03. The number of unbranched alkanes of at least 4 members (excludes halogenated alkanes) is 20. The van der Waals surface area contributed by atoms with E-state index >= 15 is 0 Å². The van der Waals surface area contributed by atoms with Gasteiger partial charge in [0.05, 0.1) is 19.0 Å².